The average Bonchev–Trinajstić information content (AvgIpc) is 2.39. The lowest BCUT2D eigenvalue weighted by molar-refractivity contribution is -0.00504. The summed E-state index contributed by atoms with van der Waals surface area (Å²) < 4.78 is 30.7. The molecule has 18 heavy (non-hydrogen) atoms. The second-order valence-electron chi connectivity index (χ2n) is 4.15. The van der Waals surface area contributed by atoms with Gasteiger partial charge in [0.2, 0.25) is 10.0 Å². The molecule has 2 rings (SSSR count). The van der Waals surface area contributed by atoms with E-state index < -0.39 is 10.0 Å². The number of hydrogen-bond acceptors (Lipinski definition) is 5. The summed E-state index contributed by atoms with van der Waals surface area (Å²) in [6.45, 7) is 4.58. The first-order valence-electron chi connectivity index (χ1n) is 5.92. The highest BCUT2D eigenvalue weighted by molar-refractivity contribution is 7.89. The van der Waals surface area contributed by atoms with Crippen LogP contribution in [0.4, 0.5) is 0 Å². The van der Waals surface area contributed by atoms with Crippen molar-refractivity contribution in [1.82, 2.24) is 14.3 Å². The van der Waals surface area contributed by atoms with Crippen LogP contribution in [0.2, 0.25) is 0 Å². The van der Waals surface area contributed by atoms with Gasteiger partial charge in [-0.1, -0.05) is 0 Å². The molecule has 1 atom stereocenters. The van der Waals surface area contributed by atoms with E-state index in [1.807, 2.05) is 0 Å². The molecule has 1 aliphatic heterocycles. The smallest absolute Gasteiger partial charge is 0.214 e. The second-order valence-corrected chi connectivity index (χ2v) is 6.40. The van der Waals surface area contributed by atoms with Crippen molar-refractivity contribution in [2.24, 2.45) is 0 Å². The SMILES string of the molecule is CCS(=O)(=O)N1CCO[C@@H](c2ccnc(C)n2)C1. The number of aromatic nitrogens is 2. The van der Waals surface area contributed by atoms with Crippen molar-refractivity contribution in [3.63, 3.8) is 0 Å². The van der Waals surface area contributed by atoms with Gasteiger partial charge >= 0.3 is 0 Å². The molecule has 0 bridgehead atoms. The van der Waals surface area contributed by atoms with E-state index in [2.05, 4.69) is 9.97 Å². The highest BCUT2D eigenvalue weighted by Crippen LogP contribution is 2.22. The highest BCUT2D eigenvalue weighted by Gasteiger charge is 2.29. The fourth-order valence-electron chi connectivity index (χ4n) is 1.89. The molecule has 0 amide bonds. The zero-order chi connectivity index (χ0) is 13.2. The van der Waals surface area contributed by atoms with Crippen LogP contribution in [0.15, 0.2) is 12.3 Å². The van der Waals surface area contributed by atoms with Gasteiger partial charge in [-0.3, -0.25) is 0 Å². The number of morpholine rings is 1. The maximum atomic E-state index is 11.8. The largest absolute Gasteiger partial charge is 0.369 e. The van der Waals surface area contributed by atoms with Gasteiger partial charge in [0.05, 0.1) is 18.1 Å². The Bertz CT molecular complexity index is 518. The molecule has 2 heterocycles. The molecule has 100 valence electrons. The van der Waals surface area contributed by atoms with Crippen LogP contribution in [0.5, 0.6) is 0 Å². The van der Waals surface area contributed by atoms with E-state index in [1.54, 1.807) is 26.1 Å². The van der Waals surface area contributed by atoms with Crippen molar-refractivity contribution >= 4 is 10.0 Å². The molecule has 0 aliphatic carbocycles. The monoisotopic (exact) mass is 271 g/mol. The Labute approximate surface area is 107 Å². The number of sulfonamides is 1. The Morgan fingerprint density at radius 3 is 3.00 bits per heavy atom. The lowest BCUT2D eigenvalue weighted by atomic mass is 10.2. The van der Waals surface area contributed by atoms with Crippen molar-refractivity contribution < 1.29 is 13.2 Å². The zero-order valence-corrected chi connectivity index (χ0v) is 11.4. The Hall–Kier alpha value is -1.05. The molecule has 6 nitrogen and oxygen atoms in total. The molecule has 0 saturated carbocycles. The van der Waals surface area contributed by atoms with Crippen molar-refractivity contribution in [2.75, 3.05) is 25.4 Å². The van der Waals surface area contributed by atoms with E-state index in [9.17, 15) is 8.42 Å². The molecular weight excluding hydrogens is 254 g/mol. The van der Waals surface area contributed by atoms with Crippen LogP contribution in [-0.2, 0) is 14.8 Å². The summed E-state index contributed by atoms with van der Waals surface area (Å²) in [5, 5.41) is 0. The number of aryl methyl sites for hydroxylation is 1. The van der Waals surface area contributed by atoms with Gasteiger partial charge < -0.3 is 4.74 Å². The van der Waals surface area contributed by atoms with Crippen molar-refractivity contribution in [3.05, 3.63) is 23.8 Å². The predicted octanol–water partition coefficient (Wildman–Crippen LogP) is 0.508. The van der Waals surface area contributed by atoms with Crippen LogP contribution in [0, 0.1) is 6.92 Å². The summed E-state index contributed by atoms with van der Waals surface area (Å²) in [5.74, 6) is 0.772. The van der Waals surface area contributed by atoms with E-state index >= 15 is 0 Å². The van der Waals surface area contributed by atoms with Gasteiger partial charge in [-0.25, -0.2) is 18.4 Å². The summed E-state index contributed by atoms with van der Waals surface area (Å²) in [7, 11) is -3.16. The third-order valence-electron chi connectivity index (χ3n) is 2.91. The molecule has 1 aliphatic rings. The van der Waals surface area contributed by atoms with Gasteiger partial charge in [0.25, 0.3) is 0 Å². The fourth-order valence-corrected chi connectivity index (χ4v) is 2.97. The Morgan fingerprint density at radius 2 is 2.33 bits per heavy atom. The molecule has 7 heteroatoms. The summed E-state index contributed by atoms with van der Waals surface area (Å²) in [5.41, 5.74) is 0.735. The maximum Gasteiger partial charge on any atom is 0.214 e. The summed E-state index contributed by atoms with van der Waals surface area (Å²) >= 11 is 0. The molecule has 1 aromatic rings. The lowest BCUT2D eigenvalue weighted by Gasteiger charge is -2.31. The molecular formula is C11H17N3O3S. The molecule has 1 aromatic heterocycles. The summed E-state index contributed by atoms with van der Waals surface area (Å²) in [6.07, 6.45) is 1.36. The standard InChI is InChI=1S/C11H17N3O3S/c1-3-18(15,16)14-6-7-17-11(8-14)10-4-5-12-9(2)13-10/h4-5,11H,3,6-8H2,1-2H3/t11-/m1/s1. The lowest BCUT2D eigenvalue weighted by Crippen LogP contribution is -2.43. The van der Waals surface area contributed by atoms with Gasteiger partial charge in [-0.2, -0.15) is 4.31 Å². The number of nitrogens with zero attached hydrogens (tertiary/aromatic N) is 3. The molecule has 0 radical (unpaired) electrons. The first-order chi connectivity index (χ1) is 8.53. The Balaban J connectivity index is 2.17. The van der Waals surface area contributed by atoms with E-state index in [-0.39, 0.29) is 11.9 Å². The Morgan fingerprint density at radius 1 is 1.56 bits per heavy atom. The van der Waals surface area contributed by atoms with Crippen molar-refractivity contribution in [3.8, 4) is 0 Å². The van der Waals surface area contributed by atoms with Gasteiger partial charge in [0.15, 0.2) is 0 Å². The van der Waals surface area contributed by atoms with Gasteiger partial charge in [-0.05, 0) is 19.9 Å². The van der Waals surface area contributed by atoms with E-state index in [1.165, 1.54) is 4.31 Å². The molecule has 0 spiro atoms. The molecule has 0 aromatic carbocycles. The van der Waals surface area contributed by atoms with Crippen LogP contribution in [0.1, 0.15) is 24.5 Å². The van der Waals surface area contributed by atoms with Gasteiger partial charge in [0.1, 0.15) is 11.9 Å². The molecule has 0 N–H and O–H groups in total. The third-order valence-corrected chi connectivity index (χ3v) is 4.76. The Kier molecular flexibility index (Phi) is 3.94. The normalized spacial score (nSPS) is 22.0. The number of rotatable bonds is 3. The molecule has 1 saturated heterocycles. The van der Waals surface area contributed by atoms with Gasteiger partial charge in [-0.15, -0.1) is 0 Å². The minimum atomic E-state index is -3.16. The van der Waals surface area contributed by atoms with Crippen LogP contribution in [0.3, 0.4) is 0 Å². The molecule has 0 unspecified atom stereocenters. The van der Waals surface area contributed by atoms with Gasteiger partial charge in [0, 0.05) is 19.3 Å². The number of ether oxygens (including phenoxy) is 1. The first-order valence-corrected chi connectivity index (χ1v) is 7.53. The maximum absolute atomic E-state index is 11.8. The third kappa shape index (κ3) is 2.85. The van der Waals surface area contributed by atoms with Crippen LogP contribution in [-0.4, -0.2) is 48.1 Å². The van der Waals surface area contributed by atoms with Crippen molar-refractivity contribution in [2.45, 2.75) is 20.0 Å². The van der Waals surface area contributed by atoms with Crippen LogP contribution in [0.25, 0.3) is 0 Å². The van der Waals surface area contributed by atoms with Crippen LogP contribution >= 0.6 is 0 Å². The zero-order valence-electron chi connectivity index (χ0n) is 10.5. The van der Waals surface area contributed by atoms with E-state index in [4.69, 9.17) is 4.74 Å². The minimum Gasteiger partial charge on any atom is -0.369 e. The summed E-state index contributed by atoms with van der Waals surface area (Å²) in [4.78, 5) is 8.30. The molecule has 1 fully saturated rings. The fraction of sp³-hybridized carbons (Fsp3) is 0.636. The minimum absolute atomic E-state index is 0.114. The quantitative estimate of drug-likeness (QED) is 0.801. The van der Waals surface area contributed by atoms with E-state index in [0.717, 1.165) is 5.69 Å². The predicted molar refractivity (Wildman–Crippen MR) is 66.5 cm³/mol. The highest BCUT2D eigenvalue weighted by atomic mass is 32.2. The summed E-state index contributed by atoms with van der Waals surface area (Å²) in [6, 6.07) is 1.76. The van der Waals surface area contributed by atoms with Crippen LogP contribution < -0.4 is 0 Å². The van der Waals surface area contributed by atoms with E-state index in [0.29, 0.717) is 25.5 Å². The topological polar surface area (TPSA) is 72.4 Å². The number of hydrogen-bond donors (Lipinski definition) is 0. The first kappa shape index (κ1) is 13.4. The second kappa shape index (κ2) is 5.29. The average molecular weight is 271 g/mol. The van der Waals surface area contributed by atoms with Crippen molar-refractivity contribution in [1.29, 1.82) is 0 Å².